The fourth-order valence-corrected chi connectivity index (χ4v) is 5.04. The number of nitrogens with zero attached hydrogens (tertiary/aromatic N) is 1. The molecule has 1 N–H and O–H groups in total. The zero-order valence-corrected chi connectivity index (χ0v) is 17.9. The average molecular weight is 415 g/mol. The first kappa shape index (κ1) is 19.7. The minimum Gasteiger partial charge on any atom is -0.326 e. The van der Waals surface area contributed by atoms with Crippen LogP contribution in [0.4, 0.5) is 5.69 Å². The van der Waals surface area contributed by atoms with E-state index in [9.17, 15) is 4.79 Å². The maximum absolute atomic E-state index is 12.4. The lowest BCUT2D eigenvalue weighted by molar-refractivity contribution is -0.116. The number of thiophene rings is 1. The number of aryl methyl sites for hydroxylation is 1. The van der Waals surface area contributed by atoms with Gasteiger partial charge in [0.1, 0.15) is 0 Å². The molecule has 0 atom stereocenters. The highest BCUT2D eigenvalue weighted by atomic mass is 32.1. The number of nitrogens with one attached hydrogen (secondary N) is 1. The van der Waals surface area contributed by atoms with Gasteiger partial charge in [0, 0.05) is 23.5 Å². The number of hydrogen-bond donors (Lipinski definition) is 1. The van der Waals surface area contributed by atoms with Gasteiger partial charge in [0.05, 0.1) is 9.88 Å². The van der Waals surface area contributed by atoms with Crippen LogP contribution in [0.25, 0.3) is 12.7 Å². The van der Waals surface area contributed by atoms with Crippen molar-refractivity contribution in [2.24, 2.45) is 0 Å². The van der Waals surface area contributed by atoms with Gasteiger partial charge < -0.3 is 9.88 Å². The van der Waals surface area contributed by atoms with Crippen molar-refractivity contribution in [1.82, 2.24) is 4.57 Å². The predicted octanol–water partition coefficient (Wildman–Crippen LogP) is 4.48. The second-order valence-electron chi connectivity index (χ2n) is 6.23. The molecule has 2 heterocycles. The molecule has 0 radical (unpaired) electrons. The Bertz CT molecular complexity index is 1110. The van der Waals surface area contributed by atoms with Crippen LogP contribution >= 0.6 is 34.9 Å². The summed E-state index contributed by atoms with van der Waals surface area (Å²) in [5.41, 5.74) is 3.27. The van der Waals surface area contributed by atoms with E-state index in [4.69, 9.17) is 12.2 Å². The number of carbonyl (C=O) groups excluding carboxylic acids is 1. The number of rotatable bonds is 6. The van der Waals surface area contributed by atoms with E-state index in [0.717, 1.165) is 31.5 Å². The molecule has 3 aromatic rings. The van der Waals surface area contributed by atoms with E-state index in [0.29, 0.717) is 13.0 Å². The molecule has 0 saturated heterocycles. The number of carbonyl (C=O) groups is 1. The third-order valence-electron chi connectivity index (χ3n) is 4.51. The van der Waals surface area contributed by atoms with Gasteiger partial charge in [-0.3, -0.25) is 4.79 Å². The van der Waals surface area contributed by atoms with Crippen molar-refractivity contribution in [1.29, 1.82) is 0 Å². The number of amides is 1. The van der Waals surface area contributed by atoms with Gasteiger partial charge in [-0.2, -0.15) is 0 Å². The minimum atomic E-state index is -0.0114. The van der Waals surface area contributed by atoms with Crippen LogP contribution in [0.2, 0.25) is 0 Å². The monoisotopic (exact) mass is 414 g/mol. The maximum atomic E-state index is 12.4. The zero-order valence-electron chi connectivity index (χ0n) is 15.5. The van der Waals surface area contributed by atoms with Crippen LogP contribution in [-0.4, -0.2) is 10.5 Å². The first-order chi connectivity index (χ1) is 13.0. The lowest BCUT2D eigenvalue weighted by Crippen LogP contribution is -2.28. The van der Waals surface area contributed by atoms with Crippen LogP contribution in [0.1, 0.15) is 29.3 Å². The molecule has 1 aromatic carbocycles. The van der Waals surface area contributed by atoms with E-state index >= 15 is 0 Å². The molecule has 0 unspecified atom stereocenters. The van der Waals surface area contributed by atoms with E-state index in [1.54, 1.807) is 11.3 Å². The van der Waals surface area contributed by atoms with Gasteiger partial charge in [0.15, 0.2) is 3.95 Å². The van der Waals surface area contributed by atoms with E-state index in [2.05, 4.69) is 37.0 Å². The molecule has 2 aromatic heterocycles. The third kappa shape index (κ3) is 4.64. The smallest absolute Gasteiger partial charge is 0.226 e. The second-order valence-corrected chi connectivity index (χ2v) is 8.89. The van der Waals surface area contributed by atoms with Crippen molar-refractivity contribution in [3.63, 3.8) is 0 Å². The Morgan fingerprint density at radius 3 is 2.85 bits per heavy atom. The number of hydrogen-bond acceptors (Lipinski definition) is 4. The highest BCUT2D eigenvalue weighted by Crippen LogP contribution is 2.19. The molecule has 0 aliphatic heterocycles. The number of aromatic nitrogens is 1. The van der Waals surface area contributed by atoms with Gasteiger partial charge in [-0.15, -0.1) is 22.7 Å². The second kappa shape index (κ2) is 8.78. The fourth-order valence-electron chi connectivity index (χ4n) is 2.92. The Labute approximate surface area is 172 Å². The van der Waals surface area contributed by atoms with Gasteiger partial charge in [-0.25, -0.2) is 0 Å². The van der Waals surface area contributed by atoms with Crippen LogP contribution in [0.15, 0.2) is 35.7 Å². The Kier molecular flexibility index (Phi) is 6.42. The summed E-state index contributed by atoms with van der Waals surface area (Å²) >= 11 is 8.70. The number of thiazole rings is 1. The number of benzene rings is 1. The minimum absolute atomic E-state index is 0.0114. The first-order valence-electron chi connectivity index (χ1n) is 8.81. The van der Waals surface area contributed by atoms with E-state index in [-0.39, 0.29) is 5.91 Å². The molecule has 140 valence electrons. The molecule has 3 rings (SSSR count). The van der Waals surface area contributed by atoms with Gasteiger partial charge in [-0.05, 0) is 60.3 Å². The molecule has 0 spiro atoms. The Morgan fingerprint density at radius 2 is 2.15 bits per heavy atom. The summed E-state index contributed by atoms with van der Waals surface area (Å²) < 4.78 is 3.75. The van der Waals surface area contributed by atoms with Crippen molar-refractivity contribution >= 4 is 59.1 Å². The lowest BCUT2D eigenvalue weighted by Gasteiger charge is -2.11. The molecule has 27 heavy (non-hydrogen) atoms. The standard InChI is InChI=1S/C21H22N2OS3/c1-4-16-7-5-9-18(14(16)2)22-20(24)10-11-23-15(3)19(27-21(23)25)13-17-8-6-12-26-17/h5-9,12-13H,3-4,10-11H2,1-2H3,(H,22,24)/b19-13-. The lowest BCUT2D eigenvalue weighted by atomic mass is 10.0. The quantitative estimate of drug-likeness (QED) is 0.604. The number of anilines is 1. The van der Waals surface area contributed by atoms with E-state index in [1.165, 1.54) is 21.8 Å². The fraction of sp³-hybridized carbons (Fsp3) is 0.238. The van der Waals surface area contributed by atoms with E-state index < -0.39 is 0 Å². The summed E-state index contributed by atoms with van der Waals surface area (Å²) in [5.74, 6) is -0.0114. The normalized spacial score (nSPS) is 11.7. The van der Waals surface area contributed by atoms with Crippen molar-refractivity contribution in [2.75, 3.05) is 5.32 Å². The van der Waals surface area contributed by atoms with Gasteiger partial charge in [0.25, 0.3) is 0 Å². The molecule has 0 fully saturated rings. The molecule has 0 bridgehead atoms. The summed E-state index contributed by atoms with van der Waals surface area (Å²) in [6.07, 6.45) is 3.42. The molecule has 0 aliphatic rings. The first-order valence-corrected chi connectivity index (χ1v) is 10.9. The highest BCUT2D eigenvalue weighted by molar-refractivity contribution is 7.73. The van der Waals surface area contributed by atoms with Gasteiger partial charge >= 0.3 is 0 Å². The van der Waals surface area contributed by atoms with Crippen LogP contribution in [0.3, 0.4) is 0 Å². The van der Waals surface area contributed by atoms with Gasteiger partial charge in [-0.1, -0.05) is 31.7 Å². The van der Waals surface area contributed by atoms with Crippen molar-refractivity contribution in [3.05, 3.63) is 65.6 Å². The Hall–Kier alpha value is -2.02. The summed E-state index contributed by atoms with van der Waals surface area (Å²) in [7, 11) is 0. The average Bonchev–Trinajstić information content (AvgIpc) is 3.24. The zero-order chi connectivity index (χ0) is 19.4. The molecular weight excluding hydrogens is 392 g/mol. The van der Waals surface area contributed by atoms with Crippen molar-refractivity contribution in [3.8, 4) is 0 Å². The highest BCUT2D eigenvalue weighted by Gasteiger charge is 2.08. The summed E-state index contributed by atoms with van der Waals surface area (Å²) in [6.45, 7) is 8.87. The summed E-state index contributed by atoms with van der Waals surface area (Å²) in [4.78, 5) is 13.6. The van der Waals surface area contributed by atoms with Crippen molar-refractivity contribution in [2.45, 2.75) is 33.2 Å². The van der Waals surface area contributed by atoms with Gasteiger partial charge in [0.2, 0.25) is 5.91 Å². The molecule has 0 saturated carbocycles. The SMILES string of the molecule is C=c1/c(=C/c2cccs2)sc(=S)n1CCC(=O)Nc1cccc(CC)c1C. The Morgan fingerprint density at radius 1 is 1.33 bits per heavy atom. The third-order valence-corrected chi connectivity index (χ3v) is 6.77. The Balaban J connectivity index is 1.72. The molecule has 0 aliphatic carbocycles. The van der Waals surface area contributed by atoms with Crippen LogP contribution in [-0.2, 0) is 17.8 Å². The predicted molar refractivity (Wildman–Crippen MR) is 120 cm³/mol. The topological polar surface area (TPSA) is 34.0 Å². The maximum Gasteiger partial charge on any atom is 0.226 e. The van der Waals surface area contributed by atoms with Crippen LogP contribution < -0.4 is 15.2 Å². The molecule has 6 heteroatoms. The van der Waals surface area contributed by atoms with Crippen LogP contribution in [0, 0.1) is 10.9 Å². The van der Waals surface area contributed by atoms with Crippen LogP contribution in [0.5, 0.6) is 0 Å². The molecule has 1 amide bonds. The molecular formula is C21H22N2OS3. The van der Waals surface area contributed by atoms with E-state index in [1.807, 2.05) is 35.1 Å². The summed E-state index contributed by atoms with van der Waals surface area (Å²) in [6, 6.07) is 10.1. The molecule has 3 nitrogen and oxygen atoms in total. The van der Waals surface area contributed by atoms with Crippen molar-refractivity contribution < 1.29 is 4.79 Å². The largest absolute Gasteiger partial charge is 0.326 e. The summed E-state index contributed by atoms with van der Waals surface area (Å²) in [5, 5.41) is 5.94.